The van der Waals surface area contributed by atoms with Crippen molar-refractivity contribution >= 4 is 0 Å². The number of aliphatic hydroxyl groups is 1. The first kappa shape index (κ1) is 14.7. The van der Waals surface area contributed by atoms with E-state index in [9.17, 15) is 13.9 Å². The molecule has 0 fully saturated rings. The van der Waals surface area contributed by atoms with E-state index in [0.29, 0.717) is 11.3 Å². The van der Waals surface area contributed by atoms with Crippen LogP contribution in [0.5, 0.6) is 0 Å². The molecule has 1 N–H and O–H groups in total. The molecule has 0 spiro atoms. The molecule has 2 rings (SSSR count). The zero-order chi connectivity index (χ0) is 15.1. The number of halogens is 2. The molecule has 1 aromatic carbocycles. The van der Waals surface area contributed by atoms with Crippen LogP contribution in [0.25, 0.3) is 0 Å². The highest BCUT2D eigenvalue weighted by Crippen LogP contribution is 2.32. The van der Waals surface area contributed by atoms with Crippen LogP contribution in [0.2, 0.25) is 0 Å². The van der Waals surface area contributed by atoms with E-state index in [-0.39, 0.29) is 11.0 Å². The summed E-state index contributed by atoms with van der Waals surface area (Å²) >= 11 is 0. The number of aromatic nitrogens is 2. The van der Waals surface area contributed by atoms with Crippen molar-refractivity contribution in [1.29, 1.82) is 0 Å². The molecule has 0 radical (unpaired) electrons. The van der Waals surface area contributed by atoms with Crippen LogP contribution in [0.3, 0.4) is 0 Å². The fraction of sp³-hybridized carbons (Fsp3) is 0.400. The van der Waals surface area contributed by atoms with Crippen molar-refractivity contribution in [3.63, 3.8) is 0 Å². The third-order valence-corrected chi connectivity index (χ3v) is 3.11. The van der Waals surface area contributed by atoms with E-state index < -0.39 is 17.7 Å². The molecule has 108 valence electrons. The Hall–Kier alpha value is -1.75. The van der Waals surface area contributed by atoms with Gasteiger partial charge in [-0.3, -0.25) is 4.68 Å². The van der Waals surface area contributed by atoms with Gasteiger partial charge in [0.25, 0.3) is 0 Å². The summed E-state index contributed by atoms with van der Waals surface area (Å²) in [6.07, 6.45) is 0.393. The number of hydrogen-bond acceptors (Lipinski definition) is 2. The predicted molar refractivity (Wildman–Crippen MR) is 72.3 cm³/mol. The molecule has 5 heteroatoms. The first-order chi connectivity index (χ1) is 9.20. The summed E-state index contributed by atoms with van der Waals surface area (Å²) in [4.78, 5) is 0. The summed E-state index contributed by atoms with van der Waals surface area (Å²) in [6.45, 7) is 5.86. The Bertz CT molecular complexity index is 629. The van der Waals surface area contributed by atoms with Crippen LogP contribution < -0.4 is 0 Å². The van der Waals surface area contributed by atoms with E-state index in [2.05, 4.69) is 5.10 Å². The Morgan fingerprint density at radius 3 is 2.45 bits per heavy atom. The molecule has 0 bridgehead atoms. The van der Waals surface area contributed by atoms with Gasteiger partial charge >= 0.3 is 0 Å². The fourth-order valence-electron chi connectivity index (χ4n) is 2.18. The highest BCUT2D eigenvalue weighted by atomic mass is 19.1. The van der Waals surface area contributed by atoms with Gasteiger partial charge < -0.3 is 5.11 Å². The van der Waals surface area contributed by atoms with Crippen molar-refractivity contribution in [1.82, 2.24) is 9.78 Å². The number of rotatable bonds is 2. The standard InChI is InChI=1S/C15H18F2N2O/c1-15(2,3)14-11(8-19(4)18-14)13(20)10-7-9(16)5-6-12(10)17/h5-8,13,20H,1-4H3. The maximum Gasteiger partial charge on any atom is 0.129 e. The minimum atomic E-state index is -1.24. The van der Waals surface area contributed by atoms with Crippen molar-refractivity contribution in [3.8, 4) is 0 Å². The molecule has 2 aromatic rings. The highest BCUT2D eigenvalue weighted by Gasteiger charge is 2.27. The van der Waals surface area contributed by atoms with Gasteiger partial charge in [0.15, 0.2) is 0 Å². The van der Waals surface area contributed by atoms with Crippen molar-refractivity contribution in [2.75, 3.05) is 0 Å². The van der Waals surface area contributed by atoms with Crippen LogP contribution in [0, 0.1) is 11.6 Å². The largest absolute Gasteiger partial charge is 0.383 e. The summed E-state index contributed by atoms with van der Waals surface area (Å²) in [7, 11) is 1.73. The molecule has 1 unspecified atom stereocenters. The topological polar surface area (TPSA) is 38.0 Å². The first-order valence-electron chi connectivity index (χ1n) is 6.37. The number of aliphatic hydroxyl groups excluding tert-OH is 1. The smallest absolute Gasteiger partial charge is 0.129 e. The van der Waals surface area contributed by atoms with Crippen molar-refractivity contribution in [2.24, 2.45) is 7.05 Å². The molecular weight excluding hydrogens is 262 g/mol. The second-order valence-electron chi connectivity index (χ2n) is 5.93. The van der Waals surface area contributed by atoms with Crippen molar-refractivity contribution in [3.05, 3.63) is 52.9 Å². The third-order valence-electron chi connectivity index (χ3n) is 3.11. The number of hydrogen-bond donors (Lipinski definition) is 1. The Kier molecular flexibility index (Phi) is 3.65. The molecular formula is C15H18F2N2O. The molecule has 1 heterocycles. The summed E-state index contributed by atoms with van der Waals surface area (Å²) in [5.74, 6) is -1.22. The van der Waals surface area contributed by atoms with Gasteiger partial charge in [0.05, 0.1) is 5.69 Å². The molecule has 0 amide bonds. The summed E-state index contributed by atoms with van der Waals surface area (Å²) in [5, 5.41) is 14.7. The van der Waals surface area contributed by atoms with Crippen LogP contribution in [0.1, 0.15) is 43.7 Å². The quantitative estimate of drug-likeness (QED) is 0.918. The lowest BCUT2D eigenvalue weighted by Gasteiger charge is -2.20. The van der Waals surface area contributed by atoms with E-state index in [1.54, 1.807) is 17.9 Å². The predicted octanol–water partition coefficient (Wildman–Crippen LogP) is 3.08. The van der Waals surface area contributed by atoms with E-state index in [4.69, 9.17) is 0 Å². The zero-order valence-corrected chi connectivity index (χ0v) is 12.0. The second-order valence-corrected chi connectivity index (χ2v) is 5.93. The summed E-state index contributed by atoms with van der Waals surface area (Å²) in [6, 6.07) is 3.06. The lowest BCUT2D eigenvalue weighted by atomic mass is 9.87. The van der Waals surface area contributed by atoms with Gasteiger partial charge in [0, 0.05) is 29.8 Å². The van der Waals surface area contributed by atoms with Gasteiger partial charge in [-0.2, -0.15) is 5.10 Å². The van der Waals surface area contributed by atoms with Crippen LogP contribution in [0.15, 0.2) is 24.4 Å². The van der Waals surface area contributed by atoms with Gasteiger partial charge in [0.2, 0.25) is 0 Å². The minimum Gasteiger partial charge on any atom is -0.383 e. The van der Waals surface area contributed by atoms with Gasteiger partial charge in [-0.05, 0) is 18.2 Å². The second kappa shape index (κ2) is 4.98. The molecule has 0 aliphatic heterocycles. The molecule has 20 heavy (non-hydrogen) atoms. The number of benzene rings is 1. The molecule has 1 atom stereocenters. The SMILES string of the molecule is Cn1cc(C(O)c2cc(F)ccc2F)c(C(C)(C)C)n1. The highest BCUT2D eigenvalue weighted by molar-refractivity contribution is 5.35. The van der Waals surface area contributed by atoms with E-state index in [1.165, 1.54) is 0 Å². The Morgan fingerprint density at radius 1 is 1.20 bits per heavy atom. The molecule has 1 aromatic heterocycles. The minimum absolute atomic E-state index is 0.0801. The summed E-state index contributed by atoms with van der Waals surface area (Å²) < 4.78 is 28.6. The maximum atomic E-state index is 13.8. The van der Waals surface area contributed by atoms with Crippen molar-refractivity contribution < 1.29 is 13.9 Å². The van der Waals surface area contributed by atoms with E-state index in [1.807, 2.05) is 20.8 Å². The lowest BCUT2D eigenvalue weighted by Crippen LogP contribution is -2.17. The Labute approximate surface area is 116 Å². The Morgan fingerprint density at radius 2 is 1.85 bits per heavy atom. The lowest BCUT2D eigenvalue weighted by molar-refractivity contribution is 0.211. The molecule has 0 saturated heterocycles. The average Bonchev–Trinajstić information content (AvgIpc) is 2.73. The Balaban J connectivity index is 2.54. The van der Waals surface area contributed by atoms with Gasteiger partial charge in [0.1, 0.15) is 17.7 Å². The van der Waals surface area contributed by atoms with E-state index in [0.717, 1.165) is 18.2 Å². The van der Waals surface area contributed by atoms with Gasteiger partial charge in [-0.15, -0.1) is 0 Å². The third kappa shape index (κ3) is 2.72. The number of nitrogens with zero attached hydrogens (tertiary/aromatic N) is 2. The van der Waals surface area contributed by atoms with Crippen molar-refractivity contribution in [2.45, 2.75) is 32.3 Å². The van der Waals surface area contributed by atoms with Gasteiger partial charge in [-0.25, -0.2) is 8.78 Å². The number of aryl methyl sites for hydroxylation is 1. The fourth-order valence-corrected chi connectivity index (χ4v) is 2.18. The molecule has 0 aliphatic rings. The molecule has 0 saturated carbocycles. The average molecular weight is 280 g/mol. The summed E-state index contributed by atoms with van der Waals surface area (Å²) in [5.41, 5.74) is 0.769. The molecule has 3 nitrogen and oxygen atoms in total. The first-order valence-corrected chi connectivity index (χ1v) is 6.37. The van der Waals surface area contributed by atoms with Crippen LogP contribution in [0.4, 0.5) is 8.78 Å². The zero-order valence-electron chi connectivity index (χ0n) is 12.0. The monoisotopic (exact) mass is 280 g/mol. The van der Waals surface area contributed by atoms with Crippen LogP contribution in [-0.4, -0.2) is 14.9 Å². The maximum absolute atomic E-state index is 13.8. The molecule has 0 aliphatic carbocycles. The van der Waals surface area contributed by atoms with E-state index >= 15 is 0 Å². The van der Waals surface area contributed by atoms with Gasteiger partial charge in [-0.1, -0.05) is 20.8 Å². The van der Waals surface area contributed by atoms with Crippen LogP contribution >= 0.6 is 0 Å². The van der Waals surface area contributed by atoms with Crippen LogP contribution in [-0.2, 0) is 12.5 Å². The normalized spacial score (nSPS) is 13.6.